The van der Waals surface area contributed by atoms with Gasteiger partial charge in [-0.15, -0.1) is 0 Å². The lowest BCUT2D eigenvalue weighted by Gasteiger charge is -2.39. The van der Waals surface area contributed by atoms with Crippen LogP contribution in [-0.2, 0) is 35.0 Å². The number of aliphatic hydroxyl groups is 3. The first-order valence-corrected chi connectivity index (χ1v) is 13.5. The van der Waals surface area contributed by atoms with Gasteiger partial charge in [0.25, 0.3) is 15.6 Å². The molecule has 1 unspecified atom stereocenters. The lowest BCUT2D eigenvalue weighted by molar-refractivity contribution is -0.376. The number of aromatic nitrogens is 2. The molecule has 4 rings (SSSR count). The zero-order chi connectivity index (χ0) is 30.4. The van der Waals surface area contributed by atoms with E-state index < -0.39 is 58.1 Å². The molecular formula is C25H24F7N3O5S. The molecule has 0 saturated carbocycles. The number of sulfonamides is 1. The molecule has 1 aliphatic rings. The molecule has 0 amide bonds. The summed E-state index contributed by atoms with van der Waals surface area (Å²) in [6, 6.07) is 5.93. The Bertz CT molecular complexity index is 1480. The fourth-order valence-corrected chi connectivity index (χ4v) is 6.49. The molecule has 224 valence electrons. The Morgan fingerprint density at radius 1 is 1.00 bits per heavy atom. The number of benzene rings is 2. The van der Waals surface area contributed by atoms with E-state index >= 15 is 0 Å². The van der Waals surface area contributed by atoms with Gasteiger partial charge in [0.1, 0.15) is 5.82 Å². The van der Waals surface area contributed by atoms with Crippen molar-refractivity contribution in [1.29, 1.82) is 0 Å². The van der Waals surface area contributed by atoms with Crippen LogP contribution in [0.5, 0.6) is 0 Å². The number of halogens is 7. The quantitative estimate of drug-likeness (QED) is 0.337. The van der Waals surface area contributed by atoms with Crippen LogP contribution in [0.15, 0.2) is 59.6 Å². The SMILES string of the molecule is O=S(=O)(c1ccc(F)cc1)N1c2ccc(C(O)(C(F)(F)F)C(F)(F)F)cc2CC[C@H]1Cc1ccnn1CC(O)CO. The summed E-state index contributed by atoms with van der Waals surface area (Å²) in [5.41, 5.74) is -6.72. The first-order chi connectivity index (χ1) is 19.0. The predicted octanol–water partition coefficient (Wildman–Crippen LogP) is 3.44. The second kappa shape index (κ2) is 10.9. The minimum atomic E-state index is -6.13. The van der Waals surface area contributed by atoms with E-state index in [1.54, 1.807) is 0 Å². The van der Waals surface area contributed by atoms with E-state index in [4.69, 9.17) is 5.11 Å². The van der Waals surface area contributed by atoms with Gasteiger partial charge >= 0.3 is 12.4 Å². The topological polar surface area (TPSA) is 116 Å². The monoisotopic (exact) mass is 611 g/mol. The van der Waals surface area contributed by atoms with Gasteiger partial charge in [-0.2, -0.15) is 31.4 Å². The Kier molecular flexibility index (Phi) is 8.16. The van der Waals surface area contributed by atoms with E-state index in [0.29, 0.717) is 17.8 Å². The smallest absolute Gasteiger partial charge is 0.394 e. The number of nitrogens with zero attached hydrogens (tertiary/aromatic N) is 3. The lowest BCUT2D eigenvalue weighted by atomic mass is 9.87. The van der Waals surface area contributed by atoms with Crippen LogP contribution < -0.4 is 4.31 Å². The van der Waals surface area contributed by atoms with Crippen LogP contribution in [0.25, 0.3) is 0 Å². The van der Waals surface area contributed by atoms with E-state index in [1.165, 1.54) is 16.9 Å². The van der Waals surface area contributed by atoms with Gasteiger partial charge in [-0.05, 0) is 54.8 Å². The molecule has 0 radical (unpaired) electrons. The molecule has 2 heterocycles. The van der Waals surface area contributed by atoms with Gasteiger partial charge in [-0.1, -0.05) is 12.1 Å². The first-order valence-electron chi connectivity index (χ1n) is 12.1. The molecule has 8 nitrogen and oxygen atoms in total. The Morgan fingerprint density at radius 3 is 2.22 bits per heavy atom. The van der Waals surface area contributed by atoms with Crippen LogP contribution in [0, 0.1) is 5.82 Å². The molecule has 41 heavy (non-hydrogen) atoms. The summed E-state index contributed by atoms with van der Waals surface area (Å²) >= 11 is 0. The number of rotatable bonds is 8. The molecule has 3 aromatic rings. The summed E-state index contributed by atoms with van der Waals surface area (Å²) in [6.45, 7) is -0.713. The first kappa shape index (κ1) is 30.7. The van der Waals surface area contributed by atoms with Crippen molar-refractivity contribution >= 4 is 15.7 Å². The maximum atomic E-state index is 13.8. The van der Waals surface area contributed by atoms with Gasteiger partial charge in [0.2, 0.25) is 0 Å². The Morgan fingerprint density at radius 2 is 1.63 bits per heavy atom. The minimum absolute atomic E-state index is 0.0468. The molecule has 2 aromatic carbocycles. The second-order valence-corrected chi connectivity index (χ2v) is 11.4. The molecule has 1 aromatic heterocycles. The van der Waals surface area contributed by atoms with Gasteiger partial charge in [-0.3, -0.25) is 8.99 Å². The number of fused-ring (bicyclic) bond motifs is 1. The average Bonchev–Trinajstić information content (AvgIpc) is 3.32. The zero-order valence-corrected chi connectivity index (χ0v) is 21.8. The number of aliphatic hydroxyl groups excluding tert-OH is 2. The fourth-order valence-electron chi connectivity index (χ4n) is 4.78. The van der Waals surface area contributed by atoms with Crippen molar-refractivity contribution < 1.29 is 54.5 Å². The highest BCUT2D eigenvalue weighted by Gasteiger charge is 2.71. The van der Waals surface area contributed by atoms with Crippen LogP contribution in [0.2, 0.25) is 0 Å². The lowest BCUT2D eigenvalue weighted by Crippen LogP contribution is -2.54. The summed E-state index contributed by atoms with van der Waals surface area (Å²) in [6.07, 6.45) is -12.3. The van der Waals surface area contributed by atoms with Crippen molar-refractivity contribution in [1.82, 2.24) is 9.78 Å². The molecule has 0 fully saturated rings. The minimum Gasteiger partial charge on any atom is -0.394 e. The normalized spacial score (nSPS) is 17.4. The summed E-state index contributed by atoms with van der Waals surface area (Å²) in [5, 5.41) is 32.9. The molecular weight excluding hydrogens is 587 g/mol. The molecule has 16 heteroatoms. The van der Waals surface area contributed by atoms with E-state index in [0.717, 1.165) is 34.6 Å². The van der Waals surface area contributed by atoms with Crippen molar-refractivity contribution in [3.63, 3.8) is 0 Å². The average molecular weight is 612 g/mol. The molecule has 0 saturated heterocycles. The number of hydrogen-bond donors (Lipinski definition) is 3. The Labute approximate surface area is 229 Å². The molecule has 2 atom stereocenters. The zero-order valence-electron chi connectivity index (χ0n) is 20.9. The van der Waals surface area contributed by atoms with Gasteiger partial charge < -0.3 is 15.3 Å². The predicted molar refractivity (Wildman–Crippen MR) is 130 cm³/mol. The fraction of sp³-hybridized carbons (Fsp3) is 0.400. The standard InChI is InChI=1S/C25H24F7N3O5S/c26-17-3-6-21(7-4-17)41(39,40)35-19(12-18-9-10-33-34(18)13-20(37)14-36)5-1-15-11-16(2-8-22(15)35)23(38,24(27,28)29)25(30,31)32/h2-4,6-11,19-20,36-38H,1,5,12-14H2/t19-,20?/m0/s1. The molecule has 0 bridgehead atoms. The third-order valence-electron chi connectivity index (χ3n) is 6.85. The third-order valence-corrected chi connectivity index (χ3v) is 8.73. The maximum Gasteiger partial charge on any atom is 0.430 e. The van der Waals surface area contributed by atoms with Gasteiger partial charge in [-0.25, -0.2) is 12.8 Å². The van der Waals surface area contributed by atoms with E-state index in [1.807, 2.05) is 0 Å². The van der Waals surface area contributed by atoms with Crippen LogP contribution in [-0.4, -0.2) is 64.6 Å². The molecule has 0 aliphatic carbocycles. The maximum absolute atomic E-state index is 13.8. The second-order valence-electron chi connectivity index (χ2n) is 9.54. The summed E-state index contributed by atoms with van der Waals surface area (Å²) in [4.78, 5) is -0.382. The summed E-state index contributed by atoms with van der Waals surface area (Å²) < 4.78 is 124. The third kappa shape index (κ3) is 5.65. The number of aryl methyl sites for hydroxylation is 1. The Hall–Kier alpha value is -3.21. The number of hydrogen-bond acceptors (Lipinski definition) is 6. The van der Waals surface area contributed by atoms with Crippen molar-refractivity contribution in [2.24, 2.45) is 0 Å². The molecule has 0 spiro atoms. The number of anilines is 1. The van der Waals surface area contributed by atoms with Crippen molar-refractivity contribution in [2.45, 2.75) is 60.8 Å². The van der Waals surface area contributed by atoms with E-state index in [9.17, 15) is 49.4 Å². The Balaban J connectivity index is 1.83. The van der Waals surface area contributed by atoms with Crippen LogP contribution in [0.4, 0.5) is 36.4 Å². The number of alkyl halides is 6. The van der Waals surface area contributed by atoms with Crippen molar-refractivity contribution in [3.8, 4) is 0 Å². The molecule has 1 aliphatic heterocycles. The van der Waals surface area contributed by atoms with E-state index in [2.05, 4.69) is 5.10 Å². The van der Waals surface area contributed by atoms with Crippen molar-refractivity contribution in [3.05, 3.63) is 77.4 Å². The van der Waals surface area contributed by atoms with E-state index in [-0.39, 0.29) is 42.0 Å². The van der Waals surface area contributed by atoms with Crippen molar-refractivity contribution in [2.75, 3.05) is 10.9 Å². The summed E-state index contributed by atoms with van der Waals surface area (Å²) in [7, 11) is -4.55. The van der Waals surface area contributed by atoms with Gasteiger partial charge in [0, 0.05) is 23.9 Å². The highest BCUT2D eigenvalue weighted by atomic mass is 32.2. The highest BCUT2D eigenvalue weighted by Crippen LogP contribution is 2.51. The van der Waals surface area contributed by atoms with Crippen LogP contribution in [0.3, 0.4) is 0 Å². The summed E-state index contributed by atoms with van der Waals surface area (Å²) in [5.74, 6) is -0.742. The molecule has 3 N–H and O–H groups in total. The largest absolute Gasteiger partial charge is 0.430 e. The van der Waals surface area contributed by atoms with Crippen LogP contribution in [0.1, 0.15) is 23.2 Å². The van der Waals surface area contributed by atoms with Gasteiger partial charge in [0.15, 0.2) is 0 Å². The van der Waals surface area contributed by atoms with Gasteiger partial charge in [0.05, 0.1) is 35.9 Å². The van der Waals surface area contributed by atoms with Crippen LogP contribution >= 0.6 is 0 Å². The highest BCUT2D eigenvalue weighted by molar-refractivity contribution is 7.92.